The second-order valence-electron chi connectivity index (χ2n) is 6.93. The molecule has 2 aromatic rings. The summed E-state index contributed by atoms with van der Waals surface area (Å²) in [4.78, 5) is 35.8. The number of allylic oxidation sites excluding steroid dienone is 1. The summed E-state index contributed by atoms with van der Waals surface area (Å²) >= 11 is 0. The molecule has 0 saturated heterocycles. The fraction of sp³-hybridized carbons (Fsp3) is 0.190. The molecule has 0 spiro atoms. The lowest BCUT2D eigenvalue weighted by Crippen LogP contribution is -2.45. The maximum atomic E-state index is 13.0. The predicted molar refractivity (Wildman–Crippen MR) is 108 cm³/mol. The van der Waals surface area contributed by atoms with Gasteiger partial charge < -0.3 is 26.4 Å². The summed E-state index contributed by atoms with van der Waals surface area (Å²) in [6, 6.07) is 9.04. The minimum Gasteiger partial charge on any atom is -0.484 e. The molecule has 0 aliphatic carbocycles. The number of nitrogens with two attached hydrogens (primary N) is 1. The summed E-state index contributed by atoms with van der Waals surface area (Å²) < 4.78 is 44.1. The highest BCUT2D eigenvalue weighted by atomic mass is 19.4. The van der Waals surface area contributed by atoms with Crippen LogP contribution in [-0.2, 0) is 15.8 Å². The fourth-order valence-corrected chi connectivity index (χ4v) is 3.13. The third-order valence-electron chi connectivity index (χ3n) is 4.56. The highest BCUT2D eigenvalue weighted by Gasteiger charge is 2.33. The van der Waals surface area contributed by atoms with Gasteiger partial charge in [-0.05, 0) is 42.8 Å². The number of urea groups is 1. The number of nitrogens with one attached hydrogen (secondary N) is 3. The van der Waals surface area contributed by atoms with E-state index in [1.807, 2.05) is 0 Å². The first-order valence-electron chi connectivity index (χ1n) is 9.32. The van der Waals surface area contributed by atoms with Crippen LogP contribution in [0.3, 0.4) is 0 Å². The van der Waals surface area contributed by atoms with Crippen molar-refractivity contribution in [3.8, 4) is 5.75 Å². The first-order chi connectivity index (χ1) is 15.0. The van der Waals surface area contributed by atoms with Crippen LogP contribution < -0.4 is 26.4 Å². The molecule has 0 saturated carbocycles. The van der Waals surface area contributed by atoms with E-state index in [4.69, 9.17) is 10.5 Å². The van der Waals surface area contributed by atoms with E-state index in [2.05, 4.69) is 16.0 Å². The molecular formula is C21H19F3N4O4. The van der Waals surface area contributed by atoms with Crippen molar-refractivity contribution in [3.05, 3.63) is 70.9 Å². The van der Waals surface area contributed by atoms with Gasteiger partial charge in [-0.15, -0.1) is 0 Å². The van der Waals surface area contributed by atoms with E-state index in [-0.39, 0.29) is 23.6 Å². The number of carbonyl (C=O) groups excluding carboxylic acids is 3. The Balaban J connectivity index is 1.86. The lowest BCUT2D eigenvalue weighted by atomic mass is 9.94. The van der Waals surface area contributed by atoms with Crippen molar-refractivity contribution in [3.63, 3.8) is 0 Å². The highest BCUT2D eigenvalue weighted by molar-refractivity contribution is 6.06. The number of ether oxygens (including phenoxy) is 1. The van der Waals surface area contributed by atoms with Crippen LogP contribution in [0.2, 0.25) is 0 Å². The second-order valence-corrected chi connectivity index (χ2v) is 6.93. The number of rotatable bonds is 6. The van der Waals surface area contributed by atoms with E-state index in [0.29, 0.717) is 11.3 Å². The zero-order chi connectivity index (χ0) is 23.5. The van der Waals surface area contributed by atoms with Gasteiger partial charge in [0.25, 0.3) is 11.8 Å². The topological polar surface area (TPSA) is 123 Å². The average molecular weight is 448 g/mol. The summed E-state index contributed by atoms with van der Waals surface area (Å²) in [7, 11) is 0. The molecule has 168 valence electrons. The molecule has 0 radical (unpaired) electrons. The Kier molecular flexibility index (Phi) is 6.37. The summed E-state index contributed by atoms with van der Waals surface area (Å²) in [5, 5.41) is 7.56. The Morgan fingerprint density at radius 3 is 2.47 bits per heavy atom. The predicted octanol–water partition coefficient (Wildman–Crippen LogP) is 2.84. The molecule has 5 N–H and O–H groups in total. The van der Waals surface area contributed by atoms with Crippen LogP contribution in [0.15, 0.2) is 59.8 Å². The Labute approximate surface area is 180 Å². The third kappa shape index (κ3) is 5.36. The molecule has 8 nitrogen and oxygen atoms in total. The average Bonchev–Trinajstić information content (AvgIpc) is 2.71. The summed E-state index contributed by atoms with van der Waals surface area (Å²) in [6.45, 7) is 1.20. The molecule has 1 aliphatic heterocycles. The van der Waals surface area contributed by atoms with Crippen molar-refractivity contribution in [2.75, 3.05) is 11.9 Å². The van der Waals surface area contributed by atoms with E-state index in [1.165, 1.54) is 31.2 Å². The van der Waals surface area contributed by atoms with Crippen LogP contribution >= 0.6 is 0 Å². The van der Waals surface area contributed by atoms with Crippen LogP contribution in [0, 0.1) is 0 Å². The van der Waals surface area contributed by atoms with Gasteiger partial charge >= 0.3 is 12.2 Å². The number of alkyl halides is 3. The molecule has 11 heteroatoms. The fourth-order valence-electron chi connectivity index (χ4n) is 3.13. The van der Waals surface area contributed by atoms with Crippen molar-refractivity contribution in [1.29, 1.82) is 0 Å². The van der Waals surface area contributed by atoms with E-state index >= 15 is 0 Å². The summed E-state index contributed by atoms with van der Waals surface area (Å²) in [5.74, 6) is -0.983. The van der Waals surface area contributed by atoms with E-state index < -0.39 is 35.6 Å². The molecule has 1 aliphatic rings. The number of benzene rings is 2. The van der Waals surface area contributed by atoms with Crippen LogP contribution in [0.1, 0.15) is 24.1 Å². The maximum absolute atomic E-state index is 13.0. The largest absolute Gasteiger partial charge is 0.484 e. The molecule has 0 bridgehead atoms. The zero-order valence-electron chi connectivity index (χ0n) is 16.7. The molecule has 1 unspecified atom stereocenters. The molecule has 4 amide bonds. The van der Waals surface area contributed by atoms with Crippen molar-refractivity contribution in [1.82, 2.24) is 10.6 Å². The van der Waals surface area contributed by atoms with Crippen molar-refractivity contribution in [2.24, 2.45) is 5.73 Å². The van der Waals surface area contributed by atoms with Crippen molar-refractivity contribution in [2.45, 2.75) is 19.1 Å². The number of amides is 4. The lowest BCUT2D eigenvalue weighted by molar-refractivity contribution is -0.137. The van der Waals surface area contributed by atoms with Gasteiger partial charge in [-0.3, -0.25) is 9.59 Å². The maximum Gasteiger partial charge on any atom is 0.416 e. The standard InChI is InChI=1S/C21H19F3N4O4/c1-11-17(19(30)27-14-4-2-3-13(9-14)21(22,23)24)18(28-20(31)26-11)12-5-7-15(8-6-12)32-10-16(25)29/h2-9,18H,10H2,1H3,(H2,25,29)(H,27,30)(H2,26,28,31). The SMILES string of the molecule is CC1=C(C(=O)Nc2cccc(C(F)(F)F)c2)C(c2ccc(OCC(N)=O)cc2)NC(=O)N1. The number of hydrogen-bond donors (Lipinski definition) is 4. The second kappa shape index (κ2) is 9.00. The molecular weight excluding hydrogens is 429 g/mol. The Hall–Kier alpha value is -4.02. The minimum absolute atomic E-state index is 0.0454. The Morgan fingerprint density at radius 1 is 1.16 bits per heavy atom. The summed E-state index contributed by atoms with van der Waals surface area (Å²) in [6.07, 6.45) is -4.56. The Morgan fingerprint density at radius 2 is 1.84 bits per heavy atom. The molecule has 0 fully saturated rings. The van der Waals surface area contributed by atoms with Gasteiger partial charge in [-0.25, -0.2) is 4.79 Å². The molecule has 3 rings (SSSR count). The number of halogens is 3. The monoisotopic (exact) mass is 448 g/mol. The summed E-state index contributed by atoms with van der Waals surface area (Å²) in [5.41, 5.74) is 4.96. The first-order valence-corrected chi connectivity index (χ1v) is 9.32. The van der Waals surface area contributed by atoms with Crippen LogP contribution in [0.25, 0.3) is 0 Å². The van der Waals surface area contributed by atoms with Crippen molar-refractivity contribution >= 4 is 23.5 Å². The molecule has 2 aromatic carbocycles. The Bertz CT molecular complexity index is 1080. The van der Waals surface area contributed by atoms with E-state index in [9.17, 15) is 27.6 Å². The molecule has 1 atom stereocenters. The zero-order valence-corrected chi connectivity index (χ0v) is 16.7. The van der Waals surface area contributed by atoms with Crippen LogP contribution in [0.5, 0.6) is 5.75 Å². The number of anilines is 1. The number of carbonyl (C=O) groups is 3. The first kappa shape index (κ1) is 22.7. The molecule has 0 aromatic heterocycles. The molecule has 1 heterocycles. The van der Waals surface area contributed by atoms with Gasteiger partial charge in [-0.2, -0.15) is 13.2 Å². The van der Waals surface area contributed by atoms with Gasteiger partial charge in [0.15, 0.2) is 6.61 Å². The van der Waals surface area contributed by atoms with Gasteiger partial charge in [0.1, 0.15) is 5.75 Å². The van der Waals surface area contributed by atoms with Gasteiger partial charge in [0.2, 0.25) is 0 Å². The van der Waals surface area contributed by atoms with E-state index in [1.54, 1.807) is 12.1 Å². The van der Waals surface area contributed by atoms with Gasteiger partial charge in [-0.1, -0.05) is 18.2 Å². The van der Waals surface area contributed by atoms with Crippen LogP contribution in [-0.4, -0.2) is 24.5 Å². The number of hydrogen-bond acceptors (Lipinski definition) is 4. The highest BCUT2D eigenvalue weighted by Crippen LogP contribution is 2.32. The number of primary amides is 1. The third-order valence-corrected chi connectivity index (χ3v) is 4.56. The van der Waals surface area contributed by atoms with Crippen LogP contribution in [0.4, 0.5) is 23.7 Å². The van der Waals surface area contributed by atoms with Gasteiger partial charge in [0, 0.05) is 11.4 Å². The quantitative estimate of drug-likeness (QED) is 0.543. The van der Waals surface area contributed by atoms with E-state index in [0.717, 1.165) is 12.1 Å². The minimum atomic E-state index is -4.56. The smallest absolute Gasteiger partial charge is 0.416 e. The van der Waals surface area contributed by atoms with Crippen molar-refractivity contribution < 1.29 is 32.3 Å². The van der Waals surface area contributed by atoms with Gasteiger partial charge in [0.05, 0.1) is 17.2 Å². The lowest BCUT2D eigenvalue weighted by Gasteiger charge is -2.28. The normalized spacial score (nSPS) is 16.1. The molecule has 32 heavy (non-hydrogen) atoms.